The van der Waals surface area contributed by atoms with Crippen molar-refractivity contribution in [3.8, 4) is 5.75 Å². The van der Waals surface area contributed by atoms with Gasteiger partial charge >= 0.3 is 5.97 Å². The number of carbonyl (C=O) groups is 1. The van der Waals surface area contributed by atoms with E-state index in [9.17, 15) is 9.90 Å². The maximum absolute atomic E-state index is 11.6. The van der Waals surface area contributed by atoms with Crippen LogP contribution in [0.25, 0.3) is 0 Å². The Morgan fingerprint density at radius 2 is 2.04 bits per heavy atom. The molecule has 1 saturated heterocycles. The van der Waals surface area contributed by atoms with E-state index < -0.39 is 12.0 Å². The molecule has 1 aliphatic rings. The minimum atomic E-state index is -0.755. The third-order valence-corrected chi connectivity index (χ3v) is 5.26. The zero-order chi connectivity index (χ0) is 18.5. The van der Waals surface area contributed by atoms with Crippen LogP contribution >= 0.6 is 11.6 Å². The predicted octanol–water partition coefficient (Wildman–Crippen LogP) is 4.67. The molecule has 2 aromatic rings. The summed E-state index contributed by atoms with van der Waals surface area (Å²) in [4.78, 5) is 13.6. The molecule has 1 aliphatic heterocycles. The first-order valence-electron chi connectivity index (χ1n) is 8.97. The van der Waals surface area contributed by atoms with Crippen LogP contribution in [0.5, 0.6) is 5.75 Å². The van der Waals surface area contributed by atoms with Gasteiger partial charge in [0.25, 0.3) is 0 Å². The number of ether oxygens (including phenoxy) is 1. The largest absolute Gasteiger partial charge is 0.489 e. The second-order valence-corrected chi connectivity index (χ2v) is 7.21. The molecule has 5 heteroatoms. The molecule has 0 saturated carbocycles. The molecule has 0 amide bonds. The van der Waals surface area contributed by atoms with Gasteiger partial charge in [0.2, 0.25) is 0 Å². The summed E-state index contributed by atoms with van der Waals surface area (Å²) in [5.74, 6) is 0.0140. The minimum absolute atomic E-state index is 0.439. The van der Waals surface area contributed by atoms with Crippen molar-refractivity contribution in [1.82, 2.24) is 4.90 Å². The number of carboxylic acids is 1. The van der Waals surface area contributed by atoms with Crippen molar-refractivity contribution in [1.29, 1.82) is 0 Å². The van der Waals surface area contributed by atoms with E-state index >= 15 is 0 Å². The molecule has 0 aromatic heterocycles. The van der Waals surface area contributed by atoms with Crippen LogP contribution in [0.1, 0.15) is 36.0 Å². The molecule has 138 valence electrons. The van der Waals surface area contributed by atoms with E-state index in [1.54, 1.807) is 0 Å². The number of aryl methyl sites for hydroxylation is 1. The van der Waals surface area contributed by atoms with Gasteiger partial charge in [-0.2, -0.15) is 0 Å². The number of halogens is 1. The highest BCUT2D eigenvalue weighted by atomic mass is 35.5. The maximum Gasteiger partial charge on any atom is 0.320 e. The summed E-state index contributed by atoms with van der Waals surface area (Å²) in [6.07, 6.45) is 2.66. The molecule has 26 heavy (non-hydrogen) atoms. The van der Waals surface area contributed by atoms with Gasteiger partial charge in [0, 0.05) is 17.1 Å². The summed E-state index contributed by atoms with van der Waals surface area (Å²) in [7, 11) is 0. The molecule has 1 N–H and O–H groups in total. The van der Waals surface area contributed by atoms with Crippen molar-refractivity contribution in [2.45, 2.75) is 45.4 Å². The third kappa shape index (κ3) is 4.57. The van der Waals surface area contributed by atoms with Gasteiger partial charge in [0.05, 0.1) is 0 Å². The molecule has 0 radical (unpaired) electrons. The topological polar surface area (TPSA) is 49.8 Å². The lowest BCUT2D eigenvalue weighted by molar-refractivity contribution is -0.144. The average molecular weight is 374 g/mol. The Morgan fingerprint density at radius 3 is 2.77 bits per heavy atom. The van der Waals surface area contributed by atoms with Gasteiger partial charge in [-0.1, -0.05) is 48.4 Å². The fourth-order valence-electron chi connectivity index (χ4n) is 3.37. The quantitative estimate of drug-likeness (QED) is 0.799. The standard InChI is InChI=1S/C21H24ClNO3/c1-15-11-20(26-14-16-7-3-2-4-8-16)17(12-18(15)22)13-23-10-6-5-9-19(23)21(24)25/h2-4,7-8,11-12,19H,5-6,9-10,13-14H2,1H3,(H,24,25). The SMILES string of the molecule is Cc1cc(OCc2ccccc2)c(CN2CCCCC2C(=O)O)cc1Cl. The van der Waals surface area contributed by atoms with Crippen molar-refractivity contribution < 1.29 is 14.6 Å². The summed E-state index contributed by atoms with van der Waals surface area (Å²) in [6.45, 7) is 3.72. The summed E-state index contributed by atoms with van der Waals surface area (Å²) < 4.78 is 6.06. The molecule has 0 bridgehead atoms. The fraction of sp³-hybridized carbons (Fsp3) is 0.381. The van der Waals surface area contributed by atoms with Gasteiger partial charge in [-0.25, -0.2) is 0 Å². The van der Waals surface area contributed by atoms with Crippen LogP contribution < -0.4 is 4.74 Å². The van der Waals surface area contributed by atoms with Gasteiger partial charge < -0.3 is 9.84 Å². The lowest BCUT2D eigenvalue weighted by Crippen LogP contribution is -2.44. The number of carboxylic acid groups (broad SMARTS) is 1. The number of likely N-dealkylation sites (tertiary alicyclic amines) is 1. The second kappa shape index (κ2) is 8.56. The van der Waals surface area contributed by atoms with Crippen molar-refractivity contribution in [2.24, 2.45) is 0 Å². The van der Waals surface area contributed by atoms with Crippen molar-refractivity contribution in [3.05, 3.63) is 64.2 Å². The molecule has 4 nitrogen and oxygen atoms in total. The lowest BCUT2D eigenvalue weighted by atomic mass is 10.0. The number of aliphatic carboxylic acids is 1. The van der Waals surface area contributed by atoms with Crippen molar-refractivity contribution >= 4 is 17.6 Å². The number of benzene rings is 2. The van der Waals surface area contributed by atoms with Crippen LogP contribution in [0.4, 0.5) is 0 Å². The summed E-state index contributed by atoms with van der Waals surface area (Å²) in [6, 6.07) is 13.4. The first-order valence-corrected chi connectivity index (χ1v) is 9.35. The molecule has 2 aromatic carbocycles. The van der Waals surface area contributed by atoms with Crippen molar-refractivity contribution in [2.75, 3.05) is 6.54 Å². The first kappa shape index (κ1) is 18.7. The number of nitrogens with zero attached hydrogens (tertiary/aromatic N) is 1. The number of rotatable bonds is 6. The Morgan fingerprint density at radius 1 is 1.27 bits per heavy atom. The molecular formula is C21H24ClNO3. The van der Waals surface area contributed by atoms with Crippen molar-refractivity contribution in [3.63, 3.8) is 0 Å². The number of piperidine rings is 1. The highest BCUT2D eigenvalue weighted by Crippen LogP contribution is 2.30. The van der Waals surface area contributed by atoms with Crippen LogP contribution in [0.3, 0.4) is 0 Å². The highest BCUT2D eigenvalue weighted by Gasteiger charge is 2.29. The minimum Gasteiger partial charge on any atom is -0.489 e. The maximum atomic E-state index is 11.6. The third-order valence-electron chi connectivity index (χ3n) is 4.85. The van der Waals surface area contributed by atoms with Gasteiger partial charge in [-0.15, -0.1) is 0 Å². The van der Waals surface area contributed by atoms with Gasteiger partial charge in [0.1, 0.15) is 18.4 Å². The molecule has 1 heterocycles. The van der Waals surface area contributed by atoms with Gasteiger partial charge in [-0.05, 0) is 49.6 Å². The van der Waals surface area contributed by atoms with Crippen LogP contribution in [-0.4, -0.2) is 28.6 Å². The van der Waals surface area contributed by atoms with E-state index in [2.05, 4.69) is 0 Å². The second-order valence-electron chi connectivity index (χ2n) is 6.80. The number of hydrogen-bond acceptors (Lipinski definition) is 3. The Balaban J connectivity index is 1.80. The Bertz CT molecular complexity index is 763. The van der Waals surface area contributed by atoms with Crippen LogP contribution in [0.2, 0.25) is 5.02 Å². The molecular weight excluding hydrogens is 350 g/mol. The number of hydrogen-bond donors (Lipinski definition) is 1. The fourth-order valence-corrected chi connectivity index (χ4v) is 3.55. The molecule has 1 fully saturated rings. The Kier molecular flexibility index (Phi) is 6.17. The summed E-state index contributed by atoms with van der Waals surface area (Å²) in [5, 5.41) is 10.2. The Hall–Kier alpha value is -2.04. The van der Waals surface area contributed by atoms with Crippen LogP contribution in [0, 0.1) is 6.92 Å². The smallest absolute Gasteiger partial charge is 0.320 e. The van der Waals surface area contributed by atoms with Crippen LogP contribution in [-0.2, 0) is 17.9 Å². The molecule has 1 atom stereocenters. The highest BCUT2D eigenvalue weighted by molar-refractivity contribution is 6.31. The summed E-state index contributed by atoms with van der Waals surface area (Å²) >= 11 is 6.33. The zero-order valence-electron chi connectivity index (χ0n) is 15.0. The van der Waals surface area contributed by atoms with Gasteiger partial charge in [-0.3, -0.25) is 9.69 Å². The molecule has 0 spiro atoms. The average Bonchev–Trinajstić information content (AvgIpc) is 2.64. The van der Waals surface area contributed by atoms with Gasteiger partial charge in [0.15, 0.2) is 0 Å². The van der Waals surface area contributed by atoms with E-state index in [4.69, 9.17) is 16.3 Å². The van der Waals surface area contributed by atoms with E-state index in [-0.39, 0.29) is 0 Å². The van der Waals surface area contributed by atoms with Crippen LogP contribution in [0.15, 0.2) is 42.5 Å². The van der Waals surface area contributed by atoms with E-state index in [1.807, 2.05) is 54.3 Å². The zero-order valence-corrected chi connectivity index (χ0v) is 15.7. The molecule has 3 rings (SSSR count). The predicted molar refractivity (Wildman–Crippen MR) is 103 cm³/mol. The van der Waals surface area contributed by atoms with E-state index in [1.165, 1.54) is 0 Å². The molecule has 0 aliphatic carbocycles. The van der Waals surface area contributed by atoms with E-state index in [0.717, 1.165) is 41.8 Å². The molecule has 1 unspecified atom stereocenters. The Labute approximate surface area is 159 Å². The lowest BCUT2D eigenvalue weighted by Gasteiger charge is -2.33. The first-order chi connectivity index (χ1) is 12.5. The van der Waals surface area contributed by atoms with E-state index in [0.29, 0.717) is 24.6 Å². The normalized spacial score (nSPS) is 17.8. The monoisotopic (exact) mass is 373 g/mol. The summed E-state index contributed by atoms with van der Waals surface area (Å²) in [5.41, 5.74) is 2.98.